The Labute approximate surface area is 103 Å². The molecule has 3 aliphatic heterocycles. The van der Waals surface area contributed by atoms with Crippen LogP contribution in [-0.2, 0) is 9.53 Å². The number of carbonyl (C=O) groups is 1. The van der Waals surface area contributed by atoms with Crippen molar-refractivity contribution < 1.29 is 9.53 Å². The van der Waals surface area contributed by atoms with Gasteiger partial charge in [0.25, 0.3) is 0 Å². The number of amides is 1. The van der Waals surface area contributed by atoms with Crippen molar-refractivity contribution in [1.82, 2.24) is 9.80 Å². The first-order valence-corrected chi connectivity index (χ1v) is 6.97. The van der Waals surface area contributed by atoms with Gasteiger partial charge in [-0.15, -0.1) is 0 Å². The molecule has 0 spiro atoms. The van der Waals surface area contributed by atoms with Gasteiger partial charge in [-0.1, -0.05) is 6.42 Å². The van der Waals surface area contributed by atoms with Crippen molar-refractivity contribution in [2.45, 2.75) is 31.7 Å². The van der Waals surface area contributed by atoms with Crippen LogP contribution in [0.5, 0.6) is 0 Å². The molecule has 0 bridgehead atoms. The molecule has 3 saturated heterocycles. The van der Waals surface area contributed by atoms with Crippen LogP contribution in [-0.4, -0.2) is 61.1 Å². The summed E-state index contributed by atoms with van der Waals surface area (Å²) in [6.45, 7) is 5.35. The molecule has 2 unspecified atom stereocenters. The summed E-state index contributed by atoms with van der Waals surface area (Å²) in [5.74, 6) is 0.663. The van der Waals surface area contributed by atoms with Crippen LogP contribution >= 0.6 is 0 Å². The summed E-state index contributed by atoms with van der Waals surface area (Å²) in [5.41, 5.74) is 0. The highest BCUT2D eigenvalue weighted by Gasteiger charge is 2.41. The molecule has 2 atom stereocenters. The average Bonchev–Trinajstić information content (AvgIpc) is 2.83. The molecule has 0 N–H and O–H groups in total. The highest BCUT2D eigenvalue weighted by atomic mass is 16.5. The van der Waals surface area contributed by atoms with Crippen molar-refractivity contribution in [2.24, 2.45) is 5.92 Å². The van der Waals surface area contributed by atoms with E-state index in [0.29, 0.717) is 25.2 Å². The van der Waals surface area contributed by atoms with Crippen molar-refractivity contribution in [3.8, 4) is 0 Å². The number of hydrogen-bond acceptors (Lipinski definition) is 3. The predicted octanol–water partition coefficient (Wildman–Crippen LogP) is 0.720. The van der Waals surface area contributed by atoms with Crippen molar-refractivity contribution in [3.63, 3.8) is 0 Å². The smallest absolute Gasteiger partial charge is 0.227 e. The van der Waals surface area contributed by atoms with Gasteiger partial charge in [-0.05, 0) is 32.4 Å². The molecule has 96 valence electrons. The molecule has 0 aliphatic carbocycles. The number of fused-ring (bicyclic) bond motifs is 1. The zero-order chi connectivity index (χ0) is 11.7. The Morgan fingerprint density at radius 1 is 1.00 bits per heavy atom. The quantitative estimate of drug-likeness (QED) is 0.675. The Morgan fingerprint density at radius 3 is 2.65 bits per heavy atom. The second-order valence-corrected chi connectivity index (χ2v) is 5.43. The molecular formula is C13H22N2O2. The van der Waals surface area contributed by atoms with E-state index < -0.39 is 0 Å². The lowest BCUT2D eigenvalue weighted by molar-refractivity contribution is -0.140. The van der Waals surface area contributed by atoms with Crippen LogP contribution in [0.3, 0.4) is 0 Å². The summed E-state index contributed by atoms with van der Waals surface area (Å²) >= 11 is 0. The molecule has 4 heteroatoms. The molecule has 0 aromatic rings. The van der Waals surface area contributed by atoms with Gasteiger partial charge in [0.15, 0.2) is 0 Å². The standard InChI is InChI=1S/C13H22N2O2/c16-13(15-7-9-17-10-8-15)11-4-6-14-5-2-1-3-12(11)14/h11-12H,1-10H2. The van der Waals surface area contributed by atoms with E-state index in [4.69, 9.17) is 4.74 Å². The summed E-state index contributed by atoms with van der Waals surface area (Å²) < 4.78 is 5.31. The second-order valence-electron chi connectivity index (χ2n) is 5.43. The van der Waals surface area contributed by atoms with Gasteiger partial charge in [-0.2, -0.15) is 0 Å². The zero-order valence-corrected chi connectivity index (χ0v) is 10.4. The minimum Gasteiger partial charge on any atom is -0.378 e. The van der Waals surface area contributed by atoms with E-state index >= 15 is 0 Å². The van der Waals surface area contributed by atoms with Crippen LogP contribution in [0.4, 0.5) is 0 Å². The molecule has 3 rings (SSSR count). The molecule has 0 saturated carbocycles. The Balaban J connectivity index is 1.65. The molecule has 3 aliphatic rings. The van der Waals surface area contributed by atoms with Crippen LogP contribution in [0.1, 0.15) is 25.7 Å². The van der Waals surface area contributed by atoms with E-state index in [9.17, 15) is 4.79 Å². The van der Waals surface area contributed by atoms with Crippen molar-refractivity contribution >= 4 is 5.91 Å². The molecule has 17 heavy (non-hydrogen) atoms. The Hall–Kier alpha value is -0.610. The maximum Gasteiger partial charge on any atom is 0.227 e. The average molecular weight is 238 g/mol. The molecule has 3 fully saturated rings. The number of ether oxygens (including phenoxy) is 1. The first kappa shape index (κ1) is 11.5. The molecule has 0 aromatic heterocycles. The number of morpholine rings is 1. The SMILES string of the molecule is O=C(C1CCN2CCCCC12)N1CCOCC1. The minimum absolute atomic E-state index is 0.272. The fraction of sp³-hybridized carbons (Fsp3) is 0.923. The molecule has 1 amide bonds. The number of piperidine rings is 1. The topological polar surface area (TPSA) is 32.8 Å². The summed E-state index contributed by atoms with van der Waals surface area (Å²) in [6.07, 6.45) is 4.91. The Morgan fingerprint density at radius 2 is 1.82 bits per heavy atom. The largest absolute Gasteiger partial charge is 0.378 e. The summed E-state index contributed by atoms with van der Waals surface area (Å²) in [7, 11) is 0. The van der Waals surface area contributed by atoms with Gasteiger partial charge < -0.3 is 9.64 Å². The van der Waals surface area contributed by atoms with E-state index in [2.05, 4.69) is 4.90 Å². The third-order valence-electron chi connectivity index (χ3n) is 4.50. The van der Waals surface area contributed by atoms with Crippen LogP contribution in [0.2, 0.25) is 0 Å². The van der Waals surface area contributed by atoms with Gasteiger partial charge in [0.1, 0.15) is 0 Å². The van der Waals surface area contributed by atoms with Crippen LogP contribution in [0.15, 0.2) is 0 Å². The number of nitrogens with zero attached hydrogens (tertiary/aromatic N) is 2. The van der Waals surface area contributed by atoms with Crippen molar-refractivity contribution in [1.29, 1.82) is 0 Å². The number of rotatable bonds is 1. The van der Waals surface area contributed by atoms with Crippen molar-refractivity contribution in [2.75, 3.05) is 39.4 Å². The predicted molar refractivity (Wildman–Crippen MR) is 64.7 cm³/mol. The Bertz CT molecular complexity index is 289. The van der Waals surface area contributed by atoms with E-state index in [1.165, 1.54) is 25.8 Å². The first-order chi connectivity index (χ1) is 8.36. The fourth-order valence-corrected chi connectivity index (χ4v) is 3.55. The number of carbonyl (C=O) groups excluding carboxylic acids is 1. The third-order valence-corrected chi connectivity index (χ3v) is 4.50. The second kappa shape index (κ2) is 4.94. The van der Waals surface area contributed by atoms with E-state index in [1.54, 1.807) is 0 Å². The highest BCUT2D eigenvalue weighted by molar-refractivity contribution is 5.80. The molecule has 0 radical (unpaired) electrons. The zero-order valence-electron chi connectivity index (χ0n) is 10.4. The monoisotopic (exact) mass is 238 g/mol. The van der Waals surface area contributed by atoms with E-state index in [0.717, 1.165) is 26.1 Å². The lowest BCUT2D eigenvalue weighted by atomic mass is 9.92. The molecular weight excluding hydrogens is 216 g/mol. The molecule has 0 aromatic carbocycles. The number of hydrogen-bond donors (Lipinski definition) is 0. The summed E-state index contributed by atoms with van der Waals surface area (Å²) in [5, 5.41) is 0. The third kappa shape index (κ3) is 2.20. The maximum absolute atomic E-state index is 12.5. The lowest BCUT2D eigenvalue weighted by Gasteiger charge is -2.35. The minimum atomic E-state index is 0.272. The summed E-state index contributed by atoms with van der Waals surface area (Å²) in [4.78, 5) is 17.1. The molecule has 3 heterocycles. The van der Waals surface area contributed by atoms with Crippen LogP contribution in [0.25, 0.3) is 0 Å². The maximum atomic E-state index is 12.5. The molecule has 4 nitrogen and oxygen atoms in total. The van der Waals surface area contributed by atoms with Gasteiger partial charge in [0, 0.05) is 19.1 Å². The van der Waals surface area contributed by atoms with Gasteiger partial charge in [-0.3, -0.25) is 9.69 Å². The van der Waals surface area contributed by atoms with Gasteiger partial charge >= 0.3 is 0 Å². The highest BCUT2D eigenvalue weighted by Crippen LogP contribution is 2.33. The lowest BCUT2D eigenvalue weighted by Crippen LogP contribution is -2.47. The Kier molecular flexibility index (Phi) is 3.34. The normalized spacial score (nSPS) is 34.7. The van der Waals surface area contributed by atoms with E-state index in [1.807, 2.05) is 4.90 Å². The van der Waals surface area contributed by atoms with Gasteiger partial charge in [-0.25, -0.2) is 0 Å². The van der Waals surface area contributed by atoms with Crippen LogP contribution < -0.4 is 0 Å². The summed E-state index contributed by atoms with van der Waals surface area (Å²) in [6, 6.07) is 0.541. The van der Waals surface area contributed by atoms with Crippen LogP contribution in [0, 0.1) is 5.92 Å². The first-order valence-electron chi connectivity index (χ1n) is 6.97. The van der Waals surface area contributed by atoms with Crippen molar-refractivity contribution in [3.05, 3.63) is 0 Å². The van der Waals surface area contributed by atoms with E-state index in [-0.39, 0.29) is 5.92 Å². The van der Waals surface area contributed by atoms with Gasteiger partial charge in [0.2, 0.25) is 5.91 Å². The fourth-order valence-electron chi connectivity index (χ4n) is 3.55. The van der Waals surface area contributed by atoms with Gasteiger partial charge in [0.05, 0.1) is 19.1 Å².